The summed E-state index contributed by atoms with van der Waals surface area (Å²) in [5.41, 5.74) is -0.0939. The standard InChI is InChI=1S/C17H23N5O3/c1-13-3-8-21(19-13)9-4-15(23)20-10-5-17(6-11-20,16(24)25)22-12-7-18-14(22)2/h3,7-8,12H,4-6,9-11H2,1-2H3,(H,24,25). The minimum atomic E-state index is -1.02. The van der Waals surface area contributed by atoms with Gasteiger partial charge in [0.2, 0.25) is 5.91 Å². The second kappa shape index (κ2) is 6.70. The molecule has 8 nitrogen and oxygen atoms in total. The maximum Gasteiger partial charge on any atom is 0.330 e. The van der Waals surface area contributed by atoms with Crippen molar-refractivity contribution in [3.63, 3.8) is 0 Å². The smallest absolute Gasteiger partial charge is 0.330 e. The summed E-state index contributed by atoms with van der Waals surface area (Å²) in [7, 11) is 0. The van der Waals surface area contributed by atoms with Crippen LogP contribution in [0.2, 0.25) is 0 Å². The average molecular weight is 345 g/mol. The Morgan fingerprint density at radius 1 is 1.24 bits per heavy atom. The first-order valence-electron chi connectivity index (χ1n) is 8.44. The number of aliphatic carboxylic acids is 1. The molecule has 0 aromatic carbocycles. The largest absolute Gasteiger partial charge is 0.479 e. The van der Waals surface area contributed by atoms with Gasteiger partial charge in [0.15, 0.2) is 0 Å². The van der Waals surface area contributed by atoms with E-state index in [-0.39, 0.29) is 5.91 Å². The van der Waals surface area contributed by atoms with E-state index in [4.69, 9.17) is 0 Å². The molecule has 8 heteroatoms. The van der Waals surface area contributed by atoms with Crippen LogP contribution in [0.3, 0.4) is 0 Å². The van der Waals surface area contributed by atoms with E-state index in [1.54, 1.807) is 33.5 Å². The monoisotopic (exact) mass is 345 g/mol. The molecule has 25 heavy (non-hydrogen) atoms. The first-order chi connectivity index (χ1) is 11.9. The Balaban J connectivity index is 1.63. The molecule has 0 saturated carbocycles. The highest BCUT2D eigenvalue weighted by Crippen LogP contribution is 2.32. The second-order valence-corrected chi connectivity index (χ2v) is 6.53. The van der Waals surface area contributed by atoms with Crippen molar-refractivity contribution < 1.29 is 14.7 Å². The summed E-state index contributed by atoms with van der Waals surface area (Å²) in [5, 5.41) is 14.1. The number of imidazole rings is 1. The molecule has 1 aliphatic heterocycles. The summed E-state index contributed by atoms with van der Waals surface area (Å²) in [6.07, 6.45) is 6.31. The number of hydrogen-bond donors (Lipinski definition) is 1. The maximum absolute atomic E-state index is 12.4. The fraction of sp³-hybridized carbons (Fsp3) is 0.529. The number of carbonyl (C=O) groups excluding carboxylic acids is 1. The van der Waals surface area contributed by atoms with Crippen molar-refractivity contribution in [3.8, 4) is 0 Å². The third kappa shape index (κ3) is 3.29. The van der Waals surface area contributed by atoms with Gasteiger partial charge in [-0.25, -0.2) is 9.78 Å². The summed E-state index contributed by atoms with van der Waals surface area (Å²) in [5.74, 6) is -0.154. The van der Waals surface area contributed by atoms with Gasteiger partial charge < -0.3 is 14.6 Å². The Morgan fingerprint density at radius 3 is 2.48 bits per heavy atom. The molecule has 0 bridgehead atoms. The van der Waals surface area contributed by atoms with Crippen LogP contribution in [0.1, 0.15) is 30.8 Å². The van der Waals surface area contributed by atoms with E-state index in [1.165, 1.54) is 0 Å². The first-order valence-corrected chi connectivity index (χ1v) is 8.44. The number of hydrogen-bond acceptors (Lipinski definition) is 4. The Morgan fingerprint density at radius 2 is 1.96 bits per heavy atom. The van der Waals surface area contributed by atoms with E-state index in [1.807, 2.05) is 19.2 Å². The van der Waals surface area contributed by atoms with Gasteiger partial charge in [-0.3, -0.25) is 9.48 Å². The Labute approximate surface area is 146 Å². The second-order valence-electron chi connectivity index (χ2n) is 6.53. The molecule has 1 fully saturated rings. The third-order valence-electron chi connectivity index (χ3n) is 4.96. The molecule has 134 valence electrons. The number of likely N-dealkylation sites (tertiary alicyclic amines) is 1. The molecule has 0 aliphatic carbocycles. The van der Waals surface area contributed by atoms with Gasteiger partial charge in [-0.1, -0.05) is 0 Å². The Kier molecular flexibility index (Phi) is 4.61. The SMILES string of the molecule is Cc1ccn(CCC(=O)N2CCC(C(=O)O)(n3ccnc3C)CC2)n1. The molecule has 1 aliphatic rings. The lowest BCUT2D eigenvalue weighted by Gasteiger charge is -2.40. The van der Waals surface area contributed by atoms with Crippen LogP contribution in [-0.2, 0) is 21.7 Å². The number of aryl methyl sites for hydroxylation is 3. The lowest BCUT2D eigenvalue weighted by molar-refractivity contribution is -0.153. The molecule has 0 unspecified atom stereocenters. The number of carbonyl (C=O) groups is 2. The molecule has 3 rings (SSSR count). The Bertz CT molecular complexity index is 771. The van der Waals surface area contributed by atoms with Crippen molar-refractivity contribution in [2.75, 3.05) is 13.1 Å². The fourth-order valence-electron chi connectivity index (χ4n) is 3.47. The molecule has 3 heterocycles. The maximum atomic E-state index is 12.4. The zero-order valence-electron chi connectivity index (χ0n) is 14.6. The lowest BCUT2D eigenvalue weighted by atomic mass is 9.86. The van der Waals surface area contributed by atoms with Gasteiger partial charge in [0.25, 0.3) is 0 Å². The summed E-state index contributed by atoms with van der Waals surface area (Å²) in [6, 6.07) is 1.90. The zero-order chi connectivity index (χ0) is 18.0. The Hall–Kier alpha value is -2.64. The fourth-order valence-corrected chi connectivity index (χ4v) is 3.47. The van der Waals surface area contributed by atoms with Gasteiger partial charge in [0, 0.05) is 44.6 Å². The van der Waals surface area contributed by atoms with Crippen LogP contribution in [0.15, 0.2) is 24.7 Å². The summed E-state index contributed by atoms with van der Waals surface area (Å²) >= 11 is 0. The molecule has 0 atom stereocenters. The van der Waals surface area contributed by atoms with Crippen molar-refractivity contribution in [1.82, 2.24) is 24.2 Å². The minimum absolute atomic E-state index is 0.0366. The van der Waals surface area contributed by atoms with Crippen LogP contribution in [-0.4, -0.2) is 54.3 Å². The predicted molar refractivity (Wildman–Crippen MR) is 90.0 cm³/mol. The highest BCUT2D eigenvalue weighted by molar-refractivity contribution is 5.79. The van der Waals surface area contributed by atoms with E-state index >= 15 is 0 Å². The van der Waals surface area contributed by atoms with Gasteiger partial charge in [0.1, 0.15) is 11.4 Å². The van der Waals surface area contributed by atoms with Crippen molar-refractivity contribution in [3.05, 3.63) is 36.2 Å². The normalized spacial score (nSPS) is 16.8. The van der Waals surface area contributed by atoms with Gasteiger partial charge in [-0.15, -0.1) is 0 Å². The summed E-state index contributed by atoms with van der Waals surface area (Å²) < 4.78 is 3.48. The average Bonchev–Trinajstić information content (AvgIpc) is 3.21. The quantitative estimate of drug-likeness (QED) is 0.878. The minimum Gasteiger partial charge on any atom is -0.479 e. The molecule has 1 saturated heterocycles. The van der Waals surface area contributed by atoms with Crippen molar-refractivity contribution in [2.45, 2.75) is 45.2 Å². The van der Waals surface area contributed by atoms with Gasteiger partial charge >= 0.3 is 5.97 Å². The molecular formula is C17H23N5O3. The van der Waals surface area contributed by atoms with Crippen LogP contribution in [0, 0.1) is 13.8 Å². The predicted octanol–water partition coefficient (Wildman–Crippen LogP) is 1.19. The van der Waals surface area contributed by atoms with Crippen LogP contribution in [0.5, 0.6) is 0 Å². The van der Waals surface area contributed by atoms with E-state index in [0.717, 1.165) is 5.69 Å². The zero-order valence-corrected chi connectivity index (χ0v) is 14.6. The van der Waals surface area contributed by atoms with Crippen LogP contribution >= 0.6 is 0 Å². The van der Waals surface area contributed by atoms with E-state index in [0.29, 0.717) is 44.7 Å². The van der Waals surface area contributed by atoms with Crippen LogP contribution in [0.4, 0.5) is 0 Å². The first kappa shape index (κ1) is 17.2. The number of aromatic nitrogens is 4. The molecule has 1 N–H and O–H groups in total. The number of piperidine rings is 1. The molecule has 2 aromatic heterocycles. The number of carboxylic acid groups (broad SMARTS) is 1. The summed E-state index contributed by atoms with van der Waals surface area (Å²) in [6.45, 7) is 5.11. The number of rotatable bonds is 5. The molecule has 0 radical (unpaired) electrons. The van der Waals surface area contributed by atoms with Crippen molar-refractivity contribution >= 4 is 11.9 Å². The third-order valence-corrected chi connectivity index (χ3v) is 4.96. The van der Waals surface area contributed by atoms with E-state index in [9.17, 15) is 14.7 Å². The van der Waals surface area contributed by atoms with Crippen LogP contribution < -0.4 is 0 Å². The van der Waals surface area contributed by atoms with Crippen molar-refractivity contribution in [2.24, 2.45) is 0 Å². The van der Waals surface area contributed by atoms with Crippen LogP contribution in [0.25, 0.3) is 0 Å². The van der Waals surface area contributed by atoms with Crippen molar-refractivity contribution in [1.29, 1.82) is 0 Å². The van der Waals surface area contributed by atoms with Gasteiger partial charge in [0.05, 0.1) is 5.69 Å². The van der Waals surface area contributed by atoms with Gasteiger partial charge in [-0.2, -0.15) is 5.10 Å². The molecule has 1 amide bonds. The van der Waals surface area contributed by atoms with Gasteiger partial charge in [-0.05, 0) is 32.8 Å². The molecule has 0 spiro atoms. The number of amides is 1. The lowest BCUT2D eigenvalue weighted by Crippen LogP contribution is -2.52. The highest BCUT2D eigenvalue weighted by atomic mass is 16.4. The van der Waals surface area contributed by atoms with E-state index in [2.05, 4.69) is 10.1 Å². The molecular weight excluding hydrogens is 322 g/mol. The summed E-state index contributed by atoms with van der Waals surface area (Å²) in [4.78, 5) is 30.3. The number of nitrogens with zero attached hydrogens (tertiary/aromatic N) is 5. The molecule has 2 aromatic rings. The van der Waals surface area contributed by atoms with E-state index < -0.39 is 11.5 Å². The number of carboxylic acids is 1. The highest BCUT2D eigenvalue weighted by Gasteiger charge is 2.44. The topological polar surface area (TPSA) is 93.2 Å².